The Bertz CT molecular complexity index is 702. The molecule has 1 saturated heterocycles. The van der Waals surface area contributed by atoms with Gasteiger partial charge >= 0.3 is 0 Å². The van der Waals surface area contributed by atoms with Crippen LogP contribution in [-0.2, 0) is 4.79 Å². The smallest absolute Gasteiger partial charge is 0.227 e. The number of piperidine rings is 1. The second-order valence-electron chi connectivity index (χ2n) is 6.25. The molecule has 1 aromatic carbocycles. The molecule has 1 aromatic heterocycles. The summed E-state index contributed by atoms with van der Waals surface area (Å²) in [5.41, 5.74) is 2.63. The normalized spacial score (nSPS) is 15.3. The lowest BCUT2D eigenvalue weighted by atomic mass is 9.96. The highest BCUT2D eigenvalue weighted by atomic mass is 16.3. The van der Waals surface area contributed by atoms with Crippen molar-refractivity contribution < 1.29 is 9.90 Å². The molecule has 1 fully saturated rings. The van der Waals surface area contributed by atoms with Crippen LogP contribution in [0.3, 0.4) is 0 Å². The summed E-state index contributed by atoms with van der Waals surface area (Å²) in [6.45, 7) is 5.49. The van der Waals surface area contributed by atoms with E-state index in [0.29, 0.717) is 5.69 Å². The molecule has 3 rings (SSSR count). The summed E-state index contributed by atoms with van der Waals surface area (Å²) in [7, 11) is 0. The van der Waals surface area contributed by atoms with Crippen LogP contribution in [0, 0.1) is 19.8 Å². The molecule has 24 heavy (non-hydrogen) atoms. The number of nitrogens with zero attached hydrogens (tertiary/aromatic N) is 3. The predicted octanol–water partition coefficient (Wildman–Crippen LogP) is 2.65. The first-order valence-corrected chi connectivity index (χ1v) is 8.18. The average Bonchev–Trinajstić information content (AvgIpc) is 2.56. The number of carbonyl (C=O) groups excluding carboxylic acids is 1. The van der Waals surface area contributed by atoms with Gasteiger partial charge in [-0.3, -0.25) is 4.79 Å². The molecule has 0 atom stereocenters. The van der Waals surface area contributed by atoms with Gasteiger partial charge in [-0.2, -0.15) is 0 Å². The third-order valence-corrected chi connectivity index (χ3v) is 4.25. The van der Waals surface area contributed by atoms with Crippen LogP contribution in [-0.4, -0.2) is 34.1 Å². The maximum atomic E-state index is 12.4. The number of aromatic hydroxyl groups is 1. The highest BCUT2D eigenvalue weighted by Crippen LogP contribution is 2.23. The number of aromatic nitrogens is 2. The van der Waals surface area contributed by atoms with Crippen molar-refractivity contribution in [3.05, 3.63) is 41.7 Å². The molecule has 6 nitrogen and oxygen atoms in total. The van der Waals surface area contributed by atoms with E-state index in [9.17, 15) is 9.90 Å². The van der Waals surface area contributed by atoms with Gasteiger partial charge in [0, 0.05) is 36.1 Å². The Balaban J connectivity index is 1.58. The van der Waals surface area contributed by atoms with E-state index in [1.807, 2.05) is 19.9 Å². The molecule has 0 saturated carbocycles. The average molecular weight is 326 g/mol. The van der Waals surface area contributed by atoms with Gasteiger partial charge in [0.15, 0.2) is 0 Å². The zero-order chi connectivity index (χ0) is 17.1. The van der Waals surface area contributed by atoms with E-state index in [4.69, 9.17) is 0 Å². The Morgan fingerprint density at radius 3 is 2.29 bits per heavy atom. The van der Waals surface area contributed by atoms with Gasteiger partial charge in [0.2, 0.25) is 11.9 Å². The summed E-state index contributed by atoms with van der Waals surface area (Å²) in [4.78, 5) is 23.5. The fourth-order valence-corrected chi connectivity index (χ4v) is 2.98. The van der Waals surface area contributed by atoms with Crippen molar-refractivity contribution in [1.29, 1.82) is 0 Å². The van der Waals surface area contributed by atoms with Crippen molar-refractivity contribution in [1.82, 2.24) is 9.97 Å². The van der Waals surface area contributed by atoms with Crippen molar-refractivity contribution in [3.63, 3.8) is 0 Å². The minimum atomic E-state index is -0.0130. The molecule has 6 heteroatoms. The van der Waals surface area contributed by atoms with Gasteiger partial charge in [0.1, 0.15) is 5.75 Å². The van der Waals surface area contributed by atoms with Gasteiger partial charge in [-0.15, -0.1) is 0 Å². The molecule has 0 spiro atoms. The second kappa shape index (κ2) is 6.86. The molecule has 2 heterocycles. The lowest BCUT2D eigenvalue weighted by Gasteiger charge is -2.31. The molecule has 126 valence electrons. The van der Waals surface area contributed by atoms with Gasteiger partial charge in [0.25, 0.3) is 0 Å². The number of benzene rings is 1. The third kappa shape index (κ3) is 3.82. The lowest BCUT2D eigenvalue weighted by molar-refractivity contribution is -0.120. The zero-order valence-electron chi connectivity index (χ0n) is 14.0. The van der Waals surface area contributed by atoms with Crippen molar-refractivity contribution in [2.24, 2.45) is 5.92 Å². The summed E-state index contributed by atoms with van der Waals surface area (Å²) in [6.07, 6.45) is 1.56. The van der Waals surface area contributed by atoms with Crippen LogP contribution in [0.2, 0.25) is 0 Å². The Labute approximate surface area is 141 Å². The van der Waals surface area contributed by atoms with Crippen molar-refractivity contribution in [3.8, 4) is 5.75 Å². The standard InChI is InChI=1S/C18H22N4O2/c1-12-11-13(2)20-18(19-12)22-9-7-14(8-10-22)17(24)21-15-3-5-16(23)6-4-15/h3-6,11,14,23H,7-10H2,1-2H3,(H,21,24). The van der Waals surface area contributed by atoms with Gasteiger partial charge < -0.3 is 15.3 Å². The van der Waals surface area contributed by atoms with E-state index >= 15 is 0 Å². The van der Waals surface area contributed by atoms with E-state index < -0.39 is 0 Å². The quantitative estimate of drug-likeness (QED) is 0.848. The first-order valence-electron chi connectivity index (χ1n) is 8.18. The number of carbonyl (C=O) groups is 1. The number of nitrogens with one attached hydrogen (secondary N) is 1. The van der Waals surface area contributed by atoms with Gasteiger partial charge in [0.05, 0.1) is 0 Å². The number of hydrogen-bond acceptors (Lipinski definition) is 5. The van der Waals surface area contributed by atoms with Crippen LogP contribution >= 0.6 is 0 Å². The van der Waals surface area contributed by atoms with Gasteiger partial charge in [-0.05, 0) is 57.0 Å². The lowest BCUT2D eigenvalue weighted by Crippen LogP contribution is -2.39. The number of hydrogen-bond donors (Lipinski definition) is 2. The highest BCUT2D eigenvalue weighted by molar-refractivity contribution is 5.92. The molecule has 0 aliphatic carbocycles. The van der Waals surface area contributed by atoms with Gasteiger partial charge in [-0.25, -0.2) is 9.97 Å². The van der Waals surface area contributed by atoms with Crippen molar-refractivity contribution in [2.75, 3.05) is 23.3 Å². The molecular formula is C18H22N4O2. The summed E-state index contributed by atoms with van der Waals surface area (Å²) in [5, 5.41) is 12.2. The van der Waals surface area contributed by atoms with Crippen LogP contribution in [0.15, 0.2) is 30.3 Å². The predicted molar refractivity (Wildman–Crippen MR) is 93.2 cm³/mol. The molecular weight excluding hydrogens is 304 g/mol. The minimum Gasteiger partial charge on any atom is -0.508 e. The number of phenolic OH excluding ortho intramolecular Hbond substituents is 1. The van der Waals surface area contributed by atoms with E-state index in [0.717, 1.165) is 43.3 Å². The summed E-state index contributed by atoms with van der Waals surface area (Å²) in [6, 6.07) is 8.49. The van der Waals surface area contributed by atoms with E-state index in [1.165, 1.54) is 0 Å². The third-order valence-electron chi connectivity index (χ3n) is 4.25. The molecule has 0 bridgehead atoms. The SMILES string of the molecule is Cc1cc(C)nc(N2CCC(C(=O)Nc3ccc(O)cc3)CC2)n1. The summed E-state index contributed by atoms with van der Waals surface area (Å²) in [5.74, 6) is 0.960. The summed E-state index contributed by atoms with van der Waals surface area (Å²) >= 11 is 0. The van der Waals surface area contributed by atoms with Gasteiger partial charge in [-0.1, -0.05) is 0 Å². The van der Waals surface area contributed by atoms with E-state index in [-0.39, 0.29) is 17.6 Å². The van der Waals surface area contributed by atoms with Crippen molar-refractivity contribution >= 4 is 17.5 Å². The maximum Gasteiger partial charge on any atom is 0.227 e. The number of rotatable bonds is 3. The fraction of sp³-hybridized carbons (Fsp3) is 0.389. The van der Waals surface area contributed by atoms with E-state index in [1.54, 1.807) is 24.3 Å². The Morgan fingerprint density at radius 2 is 1.71 bits per heavy atom. The van der Waals surface area contributed by atoms with Crippen LogP contribution in [0.4, 0.5) is 11.6 Å². The molecule has 1 amide bonds. The topological polar surface area (TPSA) is 78.4 Å². The van der Waals surface area contributed by atoms with E-state index in [2.05, 4.69) is 20.2 Å². The second-order valence-corrected chi connectivity index (χ2v) is 6.25. The summed E-state index contributed by atoms with van der Waals surface area (Å²) < 4.78 is 0. The van der Waals surface area contributed by atoms with Crippen LogP contribution in [0.1, 0.15) is 24.2 Å². The van der Waals surface area contributed by atoms with Crippen LogP contribution in [0.5, 0.6) is 5.75 Å². The first-order chi connectivity index (χ1) is 11.5. The number of phenols is 1. The van der Waals surface area contributed by atoms with Crippen molar-refractivity contribution in [2.45, 2.75) is 26.7 Å². The number of anilines is 2. The molecule has 0 unspecified atom stereocenters. The molecule has 0 radical (unpaired) electrons. The molecule has 1 aliphatic heterocycles. The van der Waals surface area contributed by atoms with Crippen LogP contribution in [0.25, 0.3) is 0 Å². The van der Waals surface area contributed by atoms with Crippen LogP contribution < -0.4 is 10.2 Å². The fourth-order valence-electron chi connectivity index (χ4n) is 2.98. The maximum absolute atomic E-state index is 12.4. The highest BCUT2D eigenvalue weighted by Gasteiger charge is 2.26. The first kappa shape index (κ1) is 16.2. The largest absolute Gasteiger partial charge is 0.508 e. The monoisotopic (exact) mass is 326 g/mol. The molecule has 1 aliphatic rings. The number of aryl methyl sites for hydroxylation is 2. The number of amides is 1. The molecule has 2 N–H and O–H groups in total. The minimum absolute atomic E-state index is 0.0130. The Hall–Kier alpha value is -2.63. The molecule has 2 aromatic rings. The Morgan fingerprint density at radius 1 is 1.12 bits per heavy atom. The Kier molecular flexibility index (Phi) is 4.64. The zero-order valence-corrected chi connectivity index (χ0v) is 14.0.